The fourth-order valence-electron chi connectivity index (χ4n) is 2.15. The van der Waals surface area contributed by atoms with Crippen molar-refractivity contribution in [2.24, 2.45) is 11.8 Å². The lowest BCUT2D eigenvalue weighted by Gasteiger charge is -2.16. The molecule has 3 N–H and O–H groups in total. The Bertz CT molecular complexity index is 407. The number of hydrazine groups is 1. The van der Waals surface area contributed by atoms with Crippen LogP contribution < -0.4 is 11.3 Å². The molecule has 1 fully saturated rings. The van der Waals surface area contributed by atoms with Crippen molar-refractivity contribution in [1.82, 2.24) is 9.88 Å². The van der Waals surface area contributed by atoms with Gasteiger partial charge in [0.2, 0.25) is 0 Å². The monoisotopic (exact) mass is 234 g/mol. The van der Waals surface area contributed by atoms with Crippen LogP contribution in [0.2, 0.25) is 0 Å². The number of carbonyl (C=O) groups is 1. The molecule has 2 heterocycles. The van der Waals surface area contributed by atoms with E-state index < -0.39 is 0 Å². The van der Waals surface area contributed by atoms with Gasteiger partial charge < -0.3 is 10.3 Å². The molecule has 1 saturated heterocycles. The summed E-state index contributed by atoms with van der Waals surface area (Å²) in [6, 6.07) is 5.24. The number of aromatic nitrogens is 1. The molecule has 0 saturated carbocycles. The number of nitrogen functional groups attached to an aromatic ring is 1. The third-order valence-corrected chi connectivity index (χ3v) is 3.27. The zero-order valence-corrected chi connectivity index (χ0v) is 10.0. The standard InChI is InChI=1S/C12H18N4O/c1-2-9-6-7-16(8-9)12(17)10-4-3-5-11(14-10)15-13/h3-5,9H,2,6-8,13H2,1H3,(H,14,15). The van der Waals surface area contributed by atoms with E-state index in [1.807, 2.05) is 4.90 Å². The van der Waals surface area contributed by atoms with Gasteiger partial charge in [-0.25, -0.2) is 10.8 Å². The number of rotatable bonds is 3. The number of pyridine rings is 1. The number of carbonyl (C=O) groups excluding carboxylic acids is 1. The zero-order valence-electron chi connectivity index (χ0n) is 10.0. The van der Waals surface area contributed by atoms with Crippen molar-refractivity contribution in [2.75, 3.05) is 18.5 Å². The van der Waals surface area contributed by atoms with Crippen LogP contribution in [0.3, 0.4) is 0 Å². The molecule has 5 heteroatoms. The number of anilines is 1. The van der Waals surface area contributed by atoms with Gasteiger partial charge in [-0.2, -0.15) is 0 Å². The highest BCUT2D eigenvalue weighted by molar-refractivity contribution is 5.92. The van der Waals surface area contributed by atoms with Crippen molar-refractivity contribution in [3.05, 3.63) is 23.9 Å². The van der Waals surface area contributed by atoms with E-state index in [1.165, 1.54) is 0 Å². The number of likely N-dealkylation sites (tertiary alicyclic amines) is 1. The summed E-state index contributed by atoms with van der Waals surface area (Å²) in [6.45, 7) is 3.84. The summed E-state index contributed by atoms with van der Waals surface area (Å²) in [5.74, 6) is 6.43. The lowest BCUT2D eigenvalue weighted by molar-refractivity contribution is 0.0781. The van der Waals surface area contributed by atoms with E-state index in [9.17, 15) is 4.79 Å². The van der Waals surface area contributed by atoms with Crippen molar-refractivity contribution in [1.29, 1.82) is 0 Å². The Morgan fingerprint density at radius 1 is 1.65 bits per heavy atom. The largest absolute Gasteiger partial charge is 0.337 e. The van der Waals surface area contributed by atoms with Crippen molar-refractivity contribution in [3.8, 4) is 0 Å². The third-order valence-electron chi connectivity index (χ3n) is 3.27. The molecular formula is C12H18N4O. The molecule has 2 rings (SSSR count). The van der Waals surface area contributed by atoms with E-state index in [-0.39, 0.29) is 5.91 Å². The Morgan fingerprint density at radius 2 is 2.47 bits per heavy atom. The first-order chi connectivity index (χ1) is 8.24. The zero-order chi connectivity index (χ0) is 12.3. The summed E-state index contributed by atoms with van der Waals surface area (Å²) >= 11 is 0. The number of hydrogen-bond donors (Lipinski definition) is 2. The Morgan fingerprint density at radius 3 is 3.12 bits per heavy atom. The van der Waals surface area contributed by atoms with Gasteiger partial charge in [0.05, 0.1) is 0 Å². The molecule has 1 atom stereocenters. The van der Waals surface area contributed by atoms with Gasteiger partial charge >= 0.3 is 0 Å². The maximum absolute atomic E-state index is 12.2. The second-order valence-corrected chi connectivity index (χ2v) is 4.37. The molecule has 0 spiro atoms. The normalized spacial score (nSPS) is 19.4. The first kappa shape index (κ1) is 11.9. The average Bonchev–Trinajstić information content (AvgIpc) is 2.86. The number of amides is 1. The minimum absolute atomic E-state index is 0.00181. The fraction of sp³-hybridized carbons (Fsp3) is 0.500. The third kappa shape index (κ3) is 2.55. The first-order valence-corrected chi connectivity index (χ1v) is 5.97. The highest BCUT2D eigenvalue weighted by atomic mass is 16.2. The molecule has 0 radical (unpaired) electrons. The SMILES string of the molecule is CCC1CCN(C(=O)c2cccc(NN)n2)C1. The Balaban J connectivity index is 2.09. The van der Waals surface area contributed by atoms with E-state index >= 15 is 0 Å². The molecule has 1 aliphatic rings. The number of nitrogens with zero attached hydrogens (tertiary/aromatic N) is 2. The quantitative estimate of drug-likeness (QED) is 0.609. The lowest BCUT2D eigenvalue weighted by atomic mass is 10.1. The Hall–Kier alpha value is -1.62. The highest BCUT2D eigenvalue weighted by Crippen LogP contribution is 2.20. The molecule has 0 bridgehead atoms. The molecule has 1 aromatic rings. The maximum Gasteiger partial charge on any atom is 0.272 e. The smallest absolute Gasteiger partial charge is 0.272 e. The van der Waals surface area contributed by atoms with E-state index in [0.29, 0.717) is 17.4 Å². The van der Waals surface area contributed by atoms with Crippen molar-refractivity contribution < 1.29 is 4.79 Å². The Labute approximate surface area is 101 Å². The molecule has 1 unspecified atom stereocenters. The lowest BCUT2D eigenvalue weighted by Crippen LogP contribution is -2.29. The molecule has 0 aliphatic carbocycles. The van der Waals surface area contributed by atoms with Crippen molar-refractivity contribution >= 4 is 11.7 Å². The van der Waals surface area contributed by atoms with Crippen LogP contribution in [0.5, 0.6) is 0 Å². The summed E-state index contributed by atoms with van der Waals surface area (Å²) in [5, 5.41) is 0. The van der Waals surface area contributed by atoms with Crippen molar-refractivity contribution in [2.45, 2.75) is 19.8 Å². The van der Waals surface area contributed by atoms with Gasteiger partial charge in [0.1, 0.15) is 11.5 Å². The van der Waals surface area contributed by atoms with Crippen LogP contribution in [0.15, 0.2) is 18.2 Å². The number of hydrogen-bond acceptors (Lipinski definition) is 4. The molecule has 1 aromatic heterocycles. The van der Waals surface area contributed by atoms with E-state index in [1.54, 1.807) is 18.2 Å². The summed E-state index contributed by atoms with van der Waals surface area (Å²) in [5.41, 5.74) is 2.91. The van der Waals surface area contributed by atoms with Crippen LogP contribution in [0, 0.1) is 5.92 Å². The van der Waals surface area contributed by atoms with Crippen LogP contribution in [-0.2, 0) is 0 Å². The summed E-state index contributed by atoms with van der Waals surface area (Å²) < 4.78 is 0. The van der Waals surface area contributed by atoms with Gasteiger partial charge in [-0.1, -0.05) is 19.4 Å². The van der Waals surface area contributed by atoms with E-state index in [2.05, 4.69) is 17.3 Å². The van der Waals surface area contributed by atoms with Crippen LogP contribution in [0.1, 0.15) is 30.3 Å². The van der Waals surface area contributed by atoms with Gasteiger partial charge in [-0.3, -0.25) is 4.79 Å². The van der Waals surface area contributed by atoms with Crippen LogP contribution in [0.4, 0.5) is 5.82 Å². The van der Waals surface area contributed by atoms with Crippen LogP contribution in [0.25, 0.3) is 0 Å². The highest BCUT2D eigenvalue weighted by Gasteiger charge is 2.26. The van der Waals surface area contributed by atoms with Gasteiger partial charge in [0.25, 0.3) is 5.91 Å². The maximum atomic E-state index is 12.2. The van der Waals surface area contributed by atoms with Crippen LogP contribution in [-0.4, -0.2) is 28.9 Å². The van der Waals surface area contributed by atoms with Gasteiger partial charge in [-0.05, 0) is 24.5 Å². The predicted octanol–water partition coefficient (Wildman–Crippen LogP) is 1.24. The summed E-state index contributed by atoms with van der Waals surface area (Å²) in [6.07, 6.45) is 2.22. The molecule has 1 amide bonds. The Kier molecular flexibility index (Phi) is 3.58. The van der Waals surface area contributed by atoms with Crippen LogP contribution >= 0.6 is 0 Å². The number of nitrogens with one attached hydrogen (secondary N) is 1. The average molecular weight is 234 g/mol. The molecule has 92 valence electrons. The first-order valence-electron chi connectivity index (χ1n) is 5.97. The minimum atomic E-state index is -0.00181. The van der Waals surface area contributed by atoms with Gasteiger partial charge in [0.15, 0.2) is 0 Å². The van der Waals surface area contributed by atoms with Gasteiger partial charge in [0, 0.05) is 13.1 Å². The summed E-state index contributed by atoms with van der Waals surface area (Å²) in [4.78, 5) is 18.2. The summed E-state index contributed by atoms with van der Waals surface area (Å²) in [7, 11) is 0. The fourth-order valence-corrected chi connectivity index (χ4v) is 2.15. The minimum Gasteiger partial charge on any atom is -0.337 e. The second-order valence-electron chi connectivity index (χ2n) is 4.37. The van der Waals surface area contributed by atoms with Gasteiger partial charge in [-0.15, -0.1) is 0 Å². The second kappa shape index (κ2) is 5.14. The van der Waals surface area contributed by atoms with E-state index in [0.717, 1.165) is 25.9 Å². The number of nitrogens with two attached hydrogens (primary N) is 1. The topological polar surface area (TPSA) is 71.2 Å². The molecule has 5 nitrogen and oxygen atoms in total. The molecule has 17 heavy (non-hydrogen) atoms. The molecule has 1 aliphatic heterocycles. The predicted molar refractivity (Wildman–Crippen MR) is 66.3 cm³/mol. The molecule has 0 aromatic carbocycles. The van der Waals surface area contributed by atoms with Crippen molar-refractivity contribution in [3.63, 3.8) is 0 Å². The van der Waals surface area contributed by atoms with E-state index in [4.69, 9.17) is 5.84 Å². The molecular weight excluding hydrogens is 216 g/mol.